The second kappa shape index (κ2) is 27.0. The molecule has 0 saturated heterocycles. The van der Waals surface area contributed by atoms with Gasteiger partial charge in [-0.05, 0) is 130 Å². The summed E-state index contributed by atoms with van der Waals surface area (Å²) in [7, 11) is 0. The van der Waals surface area contributed by atoms with Crippen LogP contribution in [0.4, 0.5) is 0 Å². The number of hydrogen-bond donors (Lipinski definition) is 0. The number of ether oxygens (including phenoxy) is 2. The molecule has 0 N–H and O–H groups in total. The minimum absolute atomic E-state index is 0.000950. The third-order valence-electron chi connectivity index (χ3n) is 14.6. The summed E-state index contributed by atoms with van der Waals surface area (Å²) in [4.78, 5) is 0. The van der Waals surface area contributed by atoms with E-state index in [1.54, 1.807) is 11.1 Å². The maximum Gasteiger partial charge on any atom is 0.119 e. The summed E-state index contributed by atoms with van der Waals surface area (Å²) in [6.45, 7) is 10.5. The third kappa shape index (κ3) is 13.9. The number of unbranched alkanes of at least 4 members (excludes halogenated alkanes) is 15. The molecular formula is C66H82O2. The summed E-state index contributed by atoms with van der Waals surface area (Å²) in [5.74, 6) is 0.954. The van der Waals surface area contributed by atoms with Crippen LogP contribution >= 0.6 is 0 Å². The molecule has 0 heterocycles. The molecule has 2 nitrogen and oxygen atoms in total. The van der Waals surface area contributed by atoms with Gasteiger partial charge in [0.2, 0.25) is 0 Å². The largest absolute Gasteiger partial charge is 0.502 e. The van der Waals surface area contributed by atoms with Crippen LogP contribution in [0, 0.1) is 6.92 Å². The molecule has 0 radical (unpaired) electrons. The van der Waals surface area contributed by atoms with Gasteiger partial charge in [-0.3, -0.25) is 0 Å². The van der Waals surface area contributed by atoms with E-state index < -0.39 is 0 Å². The lowest BCUT2D eigenvalue weighted by Crippen LogP contribution is -2.25. The zero-order chi connectivity index (χ0) is 47.2. The molecule has 0 aliphatic heterocycles. The van der Waals surface area contributed by atoms with Crippen LogP contribution in [-0.2, 0) is 10.2 Å². The zero-order valence-electron chi connectivity index (χ0n) is 42.4. The van der Waals surface area contributed by atoms with E-state index in [4.69, 9.17) is 9.47 Å². The fraction of sp³-hybridized carbons (Fsp3) is 0.424. The quantitative estimate of drug-likeness (QED) is 0.0331. The van der Waals surface area contributed by atoms with Crippen molar-refractivity contribution in [2.45, 2.75) is 168 Å². The Kier molecular flexibility index (Phi) is 20.1. The van der Waals surface area contributed by atoms with E-state index in [2.05, 4.69) is 167 Å². The highest BCUT2D eigenvalue weighted by molar-refractivity contribution is 5.86. The van der Waals surface area contributed by atoms with Crippen molar-refractivity contribution >= 4 is 0 Å². The molecule has 6 aromatic rings. The molecule has 2 heteroatoms. The van der Waals surface area contributed by atoms with Gasteiger partial charge in [-0.1, -0.05) is 244 Å². The molecular weight excluding hydrogens is 825 g/mol. The molecule has 1 aliphatic carbocycles. The number of aryl methyl sites for hydroxylation is 1. The van der Waals surface area contributed by atoms with Gasteiger partial charge in [-0.2, -0.15) is 0 Å². The van der Waals surface area contributed by atoms with Gasteiger partial charge in [0.1, 0.15) is 5.75 Å². The van der Waals surface area contributed by atoms with Gasteiger partial charge in [0.05, 0.1) is 19.5 Å². The Morgan fingerprint density at radius 1 is 0.382 bits per heavy atom. The van der Waals surface area contributed by atoms with Gasteiger partial charge in [0.15, 0.2) is 0 Å². The van der Waals surface area contributed by atoms with Crippen molar-refractivity contribution in [2.24, 2.45) is 0 Å². The highest BCUT2D eigenvalue weighted by Crippen LogP contribution is 2.56. The van der Waals surface area contributed by atoms with Crippen molar-refractivity contribution in [3.05, 3.63) is 162 Å². The van der Waals surface area contributed by atoms with Gasteiger partial charge in [-0.25, -0.2) is 0 Å². The smallest absolute Gasteiger partial charge is 0.119 e. The number of fused-ring (bicyclic) bond motifs is 3. The first-order valence-corrected chi connectivity index (χ1v) is 27.1. The number of allylic oxidation sites excluding steroid dienone is 1. The Balaban J connectivity index is 1.08. The summed E-state index contributed by atoms with van der Waals surface area (Å²) >= 11 is 0. The normalized spacial score (nSPS) is 12.6. The van der Waals surface area contributed by atoms with Crippen molar-refractivity contribution in [3.8, 4) is 61.4 Å². The maximum absolute atomic E-state index is 6.15. The Morgan fingerprint density at radius 3 is 1.21 bits per heavy atom. The van der Waals surface area contributed by atoms with Crippen LogP contribution in [0.2, 0.25) is 0 Å². The van der Waals surface area contributed by atoms with Gasteiger partial charge >= 0.3 is 0 Å². The van der Waals surface area contributed by atoms with Crippen molar-refractivity contribution in [1.29, 1.82) is 0 Å². The SMILES string of the molecule is CCC=COCCCCCCCCOc1ccc(-c2ccc(-c3ccc4c(c3)C(CCCCCCCC)(CCCCCCCC)c3cc(-c5ccc(-c6ccc(C)cc6)cc5)ccc3-4)cc2)cc1. The molecule has 0 aromatic heterocycles. The van der Waals surface area contributed by atoms with Crippen LogP contribution in [0.15, 0.2) is 146 Å². The second-order valence-corrected chi connectivity index (χ2v) is 19.8. The fourth-order valence-corrected chi connectivity index (χ4v) is 10.5. The third-order valence-corrected chi connectivity index (χ3v) is 14.6. The second-order valence-electron chi connectivity index (χ2n) is 19.8. The van der Waals surface area contributed by atoms with Crippen LogP contribution in [0.3, 0.4) is 0 Å². The number of hydrogen-bond acceptors (Lipinski definition) is 2. The molecule has 0 atom stereocenters. The van der Waals surface area contributed by atoms with Crippen LogP contribution in [0.5, 0.6) is 5.75 Å². The molecule has 0 bridgehead atoms. The van der Waals surface area contributed by atoms with E-state index in [-0.39, 0.29) is 5.41 Å². The minimum atomic E-state index is -0.000950. The Labute approximate surface area is 412 Å². The molecule has 0 amide bonds. The zero-order valence-corrected chi connectivity index (χ0v) is 42.4. The highest BCUT2D eigenvalue weighted by Gasteiger charge is 2.42. The minimum Gasteiger partial charge on any atom is -0.502 e. The van der Waals surface area contributed by atoms with E-state index in [1.807, 2.05) is 6.26 Å². The summed E-state index contributed by atoms with van der Waals surface area (Å²) in [5, 5.41) is 0. The van der Waals surface area contributed by atoms with E-state index in [9.17, 15) is 0 Å². The van der Waals surface area contributed by atoms with Crippen molar-refractivity contribution in [3.63, 3.8) is 0 Å². The van der Waals surface area contributed by atoms with Crippen molar-refractivity contribution in [2.75, 3.05) is 13.2 Å². The molecule has 358 valence electrons. The molecule has 0 saturated carbocycles. The number of rotatable bonds is 30. The average molecular weight is 907 g/mol. The van der Waals surface area contributed by atoms with Crippen molar-refractivity contribution in [1.82, 2.24) is 0 Å². The number of benzene rings is 6. The summed E-state index contributed by atoms with van der Waals surface area (Å²) in [6.07, 6.45) is 30.4. The molecule has 0 spiro atoms. The van der Waals surface area contributed by atoms with Gasteiger partial charge < -0.3 is 9.47 Å². The Bertz CT molecular complexity index is 2390. The van der Waals surface area contributed by atoms with E-state index in [1.165, 1.54) is 177 Å². The predicted octanol–water partition coefficient (Wildman–Crippen LogP) is 20.1. The molecule has 0 unspecified atom stereocenters. The predicted molar refractivity (Wildman–Crippen MR) is 294 cm³/mol. The lowest BCUT2D eigenvalue weighted by Gasteiger charge is -2.33. The maximum atomic E-state index is 6.15. The summed E-state index contributed by atoms with van der Waals surface area (Å²) in [5.41, 5.74) is 17.5. The average Bonchev–Trinajstić information content (AvgIpc) is 3.64. The van der Waals surface area contributed by atoms with Crippen LogP contribution in [0.1, 0.15) is 172 Å². The van der Waals surface area contributed by atoms with Gasteiger partial charge in [-0.15, -0.1) is 0 Å². The van der Waals surface area contributed by atoms with E-state index in [0.717, 1.165) is 38.2 Å². The molecule has 68 heavy (non-hydrogen) atoms. The molecule has 7 rings (SSSR count). The molecule has 1 aliphatic rings. The van der Waals surface area contributed by atoms with E-state index in [0.29, 0.717) is 0 Å². The monoisotopic (exact) mass is 907 g/mol. The lowest BCUT2D eigenvalue weighted by molar-refractivity contribution is 0.239. The first kappa shape index (κ1) is 50.5. The topological polar surface area (TPSA) is 18.5 Å². The van der Waals surface area contributed by atoms with Crippen molar-refractivity contribution < 1.29 is 9.47 Å². The molecule has 6 aromatic carbocycles. The van der Waals surface area contributed by atoms with Crippen LogP contribution in [0.25, 0.3) is 55.6 Å². The Morgan fingerprint density at radius 2 is 0.750 bits per heavy atom. The summed E-state index contributed by atoms with van der Waals surface area (Å²) < 4.78 is 11.7. The first-order valence-electron chi connectivity index (χ1n) is 27.1. The standard InChI is InChI=1S/C66H82O2/c1-5-8-11-13-17-21-45-66(46-22-18-14-12-9-6-2)64-50-59(57-33-29-54(30-34-57)53-27-25-52(4)26-28-53)39-43-62(64)63-44-40-60(51-65(63)66)58-35-31-55(32-36-58)56-37-41-61(42-38-56)68-49-24-20-16-15-19-23-48-67-47-10-7-3/h10,25-44,47,50-51H,5-9,11-24,45-46,48-49H2,1-4H3. The van der Waals surface area contributed by atoms with Crippen LogP contribution in [-0.4, -0.2) is 13.2 Å². The van der Waals surface area contributed by atoms with Crippen LogP contribution < -0.4 is 4.74 Å². The fourth-order valence-electron chi connectivity index (χ4n) is 10.5. The Hall–Kier alpha value is -5.34. The highest BCUT2D eigenvalue weighted by atomic mass is 16.5. The lowest BCUT2D eigenvalue weighted by atomic mass is 9.70. The molecule has 0 fully saturated rings. The summed E-state index contributed by atoms with van der Waals surface area (Å²) in [6, 6.07) is 51.0. The van der Waals surface area contributed by atoms with E-state index >= 15 is 0 Å². The van der Waals surface area contributed by atoms with Gasteiger partial charge in [0, 0.05) is 5.41 Å². The van der Waals surface area contributed by atoms with Gasteiger partial charge in [0.25, 0.3) is 0 Å². The first-order chi connectivity index (χ1) is 33.5.